The van der Waals surface area contributed by atoms with E-state index in [9.17, 15) is 0 Å². The highest BCUT2D eigenvalue weighted by atomic mass is 35.5. The number of aromatic nitrogens is 3. The van der Waals surface area contributed by atoms with E-state index in [2.05, 4.69) is 9.97 Å². The van der Waals surface area contributed by atoms with Gasteiger partial charge in [-0.1, -0.05) is 11.6 Å². The molecule has 2 aromatic heterocycles. The standard InChI is InChI=1S/C10H13ClN4/c1-10(2,12)5-15-6-14-8-3-7(11)4-13-9(8)15/h3-4,6H,5,12H2,1-2H3. The van der Waals surface area contributed by atoms with E-state index < -0.39 is 0 Å². The number of halogens is 1. The molecule has 0 radical (unpaired) electrons. The summed E-state index contributed by atoms with van der Waals surface area (Å²) >= 11 is 5.82. The average Bonchev–Trinajstić information content (AvgIpc) is 2.45. The SMILES string of the molecule is CC(C)(N)Cn1cnc2cc(Cl)cnc21. The summed E-state index contributed by atoms with van der Waals surface area (Å²) in [6, 6.07) is 1.80. The average molecular weight is 225 g/mol. The Hall–Kier alpha value is -1.13. The molecule has 0 fully saturated rings. The maximum Gasteiger partial charge on any atom is 0.159 e. The van der Waals surface area contributed by atoms with Crippen LogP contribution in [0.1, 0.15) is 13.8 Å². The lowest BCUT2D eigenvalue weighted by molar-refractivity contribution is 0.439. The minimum atomic E-state index is -0.283. The summed E-state index contributed by atoms with van der Waals surface area (Å²) in [6.07, 6.45) is 3.36. The fourth-order valence-corrected chi connectivity index (χ4v) is 1.63. The molecule has 0 aliphatic heterocycles. The van der Waals surface area contributed by atoms with Crippen LogP contribution < -0.4 is 5.73 Å². The van der Waals surface area contributed by atoms with Crippen LogP contribution in [0, 0.1) is 0 Å². The number of imidazole rings is 1. The molecule has 0 bridgehead atoms. The molecule has 0 unspecified atom stereocenters. The highest BCUT2D eigenvalue weighted by Gasteiger charge is 2.14. The van der Waals surface area contributed by atoms with Gasteiger partial charge in [0.15, 0.2) is 5.65 Å². The van der Waals surface area contributed by atoms with Crippen molar-refractivity contribution in [2.45, 2.75) is 25.9 Å². The lowest BCUT2D eigenvalue weighted by atomic mass is 10.1. The minimum absolute atomic E-state index is 0.283. The van der Waals surface area contributed by atoms with Gasteiger partial charge < -0.3 is 10.3 Å². The normalized spacial score (nSPS) is 12.3. The first-order valence-corrected chi connectivity index (χ1v) is 5.09. The van der Waals surface area contributed by atoms with E-state index in [1.165, 1.54) is 0 Å². The van der Waals surface area contributed by atoms with Crippen molar-refractivity contribution < 1.29 is 0 Å². The fourth-order valence-electron chi connectivity index (χ4n) is 1.48. The lowest BCUT2D eigenvalue weighted by Crippen LogP contribution is -2.36. The molecule has 2 aromatic rings. The predicted octanol–water partition coefficient (Wildman–Crippen LogP) is 1.82. The molecule has 2 heterocycles. The Bertz CT molecular complexity index is 484. The summed E-state index contributed by atoms with van der Waals surface area (Å²) in [5.74, 6) is 0. The van der Waals surface area contributed by atoms with Crippen molar-refractivity contribution >= 4 is 22.8 Å². The molecule has 0 saturated heterocycles. The van der Waals surface area contributed by atoms with Gasteiger partial charge in [-0.15, -0.1) is 0 Å². The van der Waals surface area contributed by atoms with Gasteiger partial charge in [0, 0.05) is 18.3 Å². The fraction of sp³-hybridized carbons (Fsp3) is 0.400. The number of nitrogens with zero attached hydrogens (tertiary/aromatic N) is 3. The maximum atomic E-state index is 5.95. The van der Waals surface area contributed by atoms with Crippen LogP contribution in [0.2, 0.25) is 5.02 Å². The molecule has 80 valence electrons. The molecule has 0 aliphatic carbocycles. The Morgan fingerprint density at radius 1 is 1.47 bits per heavy atom. The second kappa shape index (κ2) is 3.47. The van der Waals surface area contributed by atoms with E-state index in [0.29, 0.717) is 11.6 Å². The number of fused-ring (bicyclic) bond motifs is 1. The van der Waals surface area contributed by atoms with Gasteiger partial charge in [0.1, 0.15) is 5.52 Å². The third kappa shape index (κ3) is 2.27. The van der Waals surface area contributed by atoms with Gasteiger partial charge >= 0.3 is 0 Å². The second-order valence-corrected chi connectivity index (χ2v) is 4.79. The van der Waals surface area contributed by atoms with Gasteiger partial charge in [0.05, 0.1) is 11.3 Å². The number of nitrogens with two attached hydrogens (primary N) is 1. The third-order valence-electron chi connectivity index (χ3n) is 2.00. The van der Waals surface area contributed by atoms with E-state index in [-0.39, 0.29) is 5.54 Å². The van der Waals surface area contributed by atoms with Crippen LogP contribution in [0.4, 0.5) is 0 Å². The number of pyridine rings is 1. The van der Waals surface area contributed by atoms with Gasteiger partial charge in [-0.05, 0) is 19.9 Å². The molecular formula is C10H13ClN4. The Morgan fingerprint density at radius 3 is 2.87 bits per heavy atom. The molecular weight excluding hydrogens is 212 g/mol. The monoisotopic (exact) mass is 224 g/mol. The topological polar surface area (TPSA) is 56.7 Å². The molecule has 0 aromatic carbocycles. The van der Waals surface area contributed by atoms with Gasteiger partial charge in [-0.25, -0.2) is 9.97 Å². The Balaban J connectivity index is 2.45. The molecule has 5 heteroatoms. The van der Waals surface area contributed by atoms with Crippen LogP contribution in [0.15, 0.2) is 18.6 Å². The predicted molar refractivity (Wildman–Crippen MR) is 60.8 cm³/mol. The highest BCUT2D eigenvalue weighted by Crippen LogP contribution is 2.16. The molecule has 0 atom stereocenters. The summed E-state index contributed by atoms with van der Waals surface area (Å²) in [5.41, 5.74) is 7.28. The van der Waals surface area contributed by atoms with Crippen molar-refractivity contribution in [3.63, 3.8) is 0 Å². The molecule has 0 amide bonds. The van der Waals surface area contributed by atoms with E-state index in [1.54, 1.807) is 18.6 Å². The van der Waals surface area contributed by atoms with E-state index in [4.69, 9.17) is 17.3 Å². The van der Waals surface area contributed by atoms with Gasteiger partial charge in [-0.3, -0.25) is 0 Å². The van der Waals surface area contributed by atoms with Gasteiger partial charge in [-0.2, -0.15) is 0 Å². The molecule has 4 nitrogen and oxygen atoms in total. The molecule has 0 spiro atoms. The quantitative estimate of drug-likeness (QED) is 0.847. The zero-order valence-electron chi connectivity index (χ0n) is 8.74. The molecule has 15 heavy (non-hydrogen) atoms. The van der Waals surface area contributed by atoms with Crippen LogP contribution in [0.25, 0.3) is 11.2 Å². The van der Waals surface area contributed by atoms with Gasteiger partial charge in [0.25, 0.3) is 0 Å². The van der Waals surface area contributed by atoms with Crippen molar-refractivity contribution in [2.24, 2.45) is 5.73 Å². The summed E-state index contributed by atoms with van der Waals surface area (Å²) < 4.78 is 1.94. The Kier molecular flexibility index (Phi) is 2.40. The lowest BCUT2D eigenvalue weighted by Gasteiger charge is -2.18. The van der Waals surface area contributed by atoms with E-state index in [1.807, 2.05) is 18.4 Å². The van der Waals surface area contributed by atoms with Crippen LogP contribution in [0.5, 0.6) is 0 Å². The van der Waals surface area contributed by atoms with Crippen molar-refractivity contribution in [1.82, 2.24) is 14.5 Å². The first-order chi connectivity index (χ1) is 6.96. The van der Waals surface area contributed by atoms with E-state index in [0.717, 1.165) is 11.2 Å². The van der Waals surface area contributed by atoms with Gasteiger partial charge in [0.2, 0.25) is 0 Å². The molecule has 2 N–H and O–H groups in total. The first-order valence-electron chi connectivity index (χ1n) is 4.71. The largest absolute Gasteiger partial charge is 0.324 e. The van der Waals surface area contributed by atoms with Crippen molar-refractivity contribution in [2.75, 3.05) is 0 Å². The highest BCUT2D eigenvalue weighted by molar-refractivity contribution is 6.30. The van der Waals surface area contributed by atoms with Crippen LogP contribution in [-0.2, 0) is 6.54 Å². The first kappa shape index (κ1) is 10.4. The number of hydrogen-bond donors (Lipinski definition) is 1. The molecule has 0 aliphatic rings. The summed E-state index contributed by atoms with van der Waals surface area (Å²) in [5, 5.41) is 0.597. The number of rotatable bonds is 2. The Labute approximate surface area is 93.1 Å². The summed E-state index contributed by atoms with van der Waals surface area (Å²) in [7, 11) is 0. The molecule has 2 rings (SSSR count). The minimum Gasteiger partial charge on any atom is -0.324 e. The Morgan fingerprint density at radius 2 is 2.20 bits per heavy atom. The smallest absolute Gasteiger partial charge is 0.159 e. The van der Waals surface area contributed by atoms with Crippen molar-refractivity contribution in [1.29, 1.82) is 0 Å². The zero-order chi connectivity index (χ0) is 11.1. The summed E-state index contributed by atoms with van der Waals surface area (Å²) in [4.78, 5) is 8.46. The number of hydrogen-bond acceptors (Lipinski definition) is 3. The van der Waals surface area contributed by atoms with Crippen LogP contribution in [0.3, 0.4) is 0 Å². The summed E-state index contributed by atoms with van der Waals surface area (Å²) in [6.45, 7) is 4.61. The van der Waals surface area contributed by atoms with E-state index >= 15 is 0 Å². The zero-order valence-corrected chi connectivity index (χ0v) is 9.49. The van der Waals surface area contributed by atoms with Crippen molar-refractivity contribution in [3.05, 3.63) is 23.6 Å². The van der Waals surface area contributed by atoms with Crippen molar-refractivity contribution in [3.8, 4) is 0 Å². The van der Waals surface area contributed by atoms with Crippen LogP contribution in [-0.4, -0.2) is 20.1 Å². The third-order valence-corrected chi connectivity index (χ3v) is 2.21. The maximum absolute atomic E-state index is 5.95. The second-order valence-electron chi connectivity index (χ2n) is 4.36. The van der Waals surface area contributed by atoms with Crippen LogP contribution >= 0.6 is 11.6 Å². The molecule has 0 saturated carbocycles.